The Kier molecular flexibility index (Phi) is 2.53. The maximum absolute atomic E-state index is 3.25. The fourth-order valence-electron chi connectivity index (χ4n) is 2.21. The van der Waals surface area contributed by atoms with Gasteiger partial charge in [-0.1, -0.05) is 37.3 Å². The Labute approximate surface area is 80.2 Å². The Balaban J connectivity index is 2.06. The van der Waals surface area contributed by atoms with Gasteiger partial charge in [0, 0.05) is 6.54 Å². The summed E-state index contributed by atoms with van der Waals surface area (Å²) in [7, 11) is 0. The van der Waals surface area contributed by atoms with Gasteiger partial charge in [0.1, 0.15) is 0 Å². The summed E-state index contributed by atoms with van der Waals surface area (Å²) in [6, 6.07) is 0. The predicted molar refractivity (Wildman–Crippen MR) is 56.2 cm³/mol. The van der Waals surface area contributed by atoms with Crippen LogP contribution in [0.1, 0.15) is 13.3 Å². The molecule has 1 heteroatoms. The van der Waals surface area contributed by atoms with Crippen LogP contribution in [-0.2, 0) is 0 Å². The lowest BCUT2D eigenvalue weighted by molar-refractivity contribution is 0.359. The van der Waals surface area contributed by atoms with Crippen molar-refractivity contribution in [1.29, 1.82) is 0 Å². The van der Waals surface area contributed by atoms with Crippen molar-refractivity contribution in [3.05, 3.63) is 36.6 Å². The molecular formula is C12H17N. The first-order valence-corrected chi connectivity index (χ1v) is 5.13. The molecule has 1 aliphatic carbocycles. The molecule has 0 fully saturated rings. The van der Waals surface area contributed by atoms with Gasteiger partial charge in [0.25, 0.3) is 0 Å². The zero-order chi connectivity index (χ0) is 9.10. The third-order valence-corrected chi connectivity index (χ3v) is 3.04. The van der Waals surface area contributed by atoms with Gasteiger partial charge in [-0.2, -0.15) is 0 Å². The third kappa shape index (κ3) is 1.85. The highest BCUT2D eigenvalue weighted by atomic mass is 14.8. The first-order valence-electron chi connectivity index (χ1n) is 5.13. The van der Waals surface area contributed by atoms with E-state index in [0.29, 0.717) is 11.8 Å². The zero-order valence-electron chi connectivity index (χ0n) is 8.11. The Morgan fingerprint density at radius 3 is 2.69 bits per heavy atom. The van der Waals surface area contributed by atoms with E-state index < -0.39 is 0 Å². The number of hydrogen-bond donors (Lipinski definition) is 1. The normalized spacial score (nSPS) is 37.5. The molecule has 1 nitrogen and oxygen atoms in total. The lowest BCUT2D eigenvalue weighted by Crippen LogP contribution is -2.26. The molecule has 3 atom stereocenters. The van der Waals surface area contributed by atoms with E-state index in [1.54, 1.807) is 0 Å². The van der Waals surface area contributed by atoms with Gasteiger partial charge in [-0.3, -0.25) is 0 Å². The van der Waals surface area contributed by atoms with Crippen LogP contribution in [0.2, 0.25) is 0 Å². The lowest BCUT2D eigenvalue weighted by atomic mass is 9.78. The Hall–Kier alpha value is -0.980. The summed E-state index contributed by atoms with van der Waals surface area (Å²) in [4.78, 5) is 0. The molecule has 1 N–H and O–H groups in total. The Morgan fingerprint density at radius 1 is 1.15 bits per heavy atom. The van der Waals surface area contributed by atoms with E-state index in [9.17, 15) is 0 Å². The van der Waals surface area contributed by atoms with Crippen LogP contribution in [0.25, 0.3) is 0 Å². The van der Waals surface area contributed by atoms with Crippen molar-refractivity contribution in [1.82, 2.24) is 5.32 Å². The van der Waals surface area contributed by atoms with Crippen molar-refractivity contribution in [3.8, 4) is 0 Å². The maximum Gasteiger partial charge on any atom is 0.0147 e. The highest BCUT2D eigenvalue weighted by molar-refractivity contribution is 5.16. The van der Waals surface area contributed by atoms with Crippen molar-refractivity contribution in [3.63, 3.8) is 0 Å². The first-order chi connectivity index (χ1) is 6.38. The molecule has 0 aromatic rings. The molecule has 0 spiro atoms. The van der Waals surface area contributed by atoms with Crippen molar-refractivity contribution < 1.29 is 0 Å². The van der Waals surface area contributed by atoms with E-state index >= 15 is 0 Å². The minimum atomic E-state index is 0.692. The van der Waals surface area contributed by atoms with Gasteiger partial charge in [-0.05, 0) is 30.4 Å². The van der Waals surface area contributed by atoms with Gasteiger partial charge in [0.2, 0.25) is 0 Å². The zero-order valence-corrected chi connectivity index (χ0v) is 8.11. The summed E-state index contributed by atoms with van der Waals surface area (Å²) in [5, 5.41) is 3.25. The van der Waals surface area contributed by atoms with Crippen molar-refractivity contribution >= 4 is 0 Å². The fourth-order valence-corrected chi connectivity index (χ4v) is 2.21. The van der Waals surface area contributed by atoms with Crippen LogP contribution in [0.4, 0.5) is 0 Å². The highest BCUT2D eigenvalue weighted by Gasteiger charge is 2.23. The van der Waals surface area contributed by atoms with E-state index in [1.165, 1.54) is 6.42 Å². The molecule has 2 aliphatic rings. The average molecular weight is 175 g/mol. The van der Waals surface area contributed by atoms with Gasteiger partial charge < -0.3 is 5.32 Å². The number of hydrogen-bond acceptors (Lipinski definition) is 1. The lowest BCUT2D eigenvalue weighted by Gasteiger charge is -2.29. The van der Waals surface area contributed by atoms with E-state index in [0.717, 1.165) is 12.5 Å². The molecule has 3 unspecified atom stereocenters. The van der Waals surface area contributed by atoms with Crippen LogP contribution < -0.4 is 5.32 Å². The van der Waals surface area contributed by atoms with Crippen LogP contribution >= 0.6 is 0 Å². The Bertz CT molecular complexity index is 250. The molecule has 0 radical (unpaired) electrons. The van der Waals surface area contributed by atoms with Crippen LogP contribution in [0.5, 0.6) is 0 Å². The SMILES string of the molecule is CC1C=CC=CC1C1C=CNCC1. The molecule has 0 saturated heterocycles. The summed E-state index contributed by atoms with van der Waals surface area (Å²) >= 11 is 0. The van der Waals surface area contributed by atoms with Crippen LogP contribution in [0, 0.1) is 17.8 Å². The molecule has 0 aromatic carbocycles. The summed E-state index contributed by atoms with van der Waals surface area (Å²) < 4.78 is 0. The van der Waals surface area contributed by atoms with Gasteiger partial charge in [-0.15, -0.1) is 0 Å². The highest BCUT2D eigenvalue weighted by Crippen LogP contribution is 2.30. The Morgan fingerprint density at radius 2 is 2.00 bits per heavy atom. The van der Waals surface area contributed by atoms with Crippen LogP contribution in [0.3, 0.4) is 0 Å². The quantitative estimate of drug-likeness (QED) is 0.645. The van der Waals surface area contributed by atoms with E-state index in [1.807, 2.05) is 0 Å². The van der Waals surface area contributed by atoms with E-state index in [2.05, 4.69) is 48.8 Å². The maximum atomic E-state index is 3.25. The third-order valence-electron chi connectivity index (χ3n) is 3.04. The molecule has 0 aromatic heterocycles. The summed E-state index contributed by atoms with van der Waals surface area (Å²) in [5.41, 5.74) is 0. The van der Waals surface area contributed by atoms with Gasteiger partial charge in [0.15, 0.2) is 0 Å². The van der Waals surface area contributed by atoms with Gasteiger partial charge >= 0.3 is 0 Å². The van der Waals surface area contributed by atoms with Gasteiger partial charge in [-0.25, -0.2) is 0 Å². The molecule has 1 heterocycles. The molecule has 0 amide bonds. The minimum absolute atomic E-state index is 0.692. The molecular weight excluding hydrogens is 158 g/mol. The number of nitrogens with one attached hydrogen (secondary N) is 1. The molecule has 0 saturated carbocycles. The van der Waals surface area contributed by atoms with E-state index in [4.69, 9.17) is 0 Å². The van der Waals surface area contributed by atoms with Gasteiger partial charge in [0.05, 0.1) is 0 Å². The fraction of sp³-hybridized carbons (Fsp3) is 0.500. The molecule has 13 heavy (non-hydrogen) atoms. The first kappa shape index (κ1) is 8.61. The molecule has 70 valence electrons. The average Bonchev–Trinajstić information content (AvgIpc) is 2.20. The summed E-state index contributed by atoms with van der Waals surface area (Å²) in [6.07, 6.45) is 14.7. The molecule has 2 rings (SSSR count). The topological polar surface area (TPSA) is 12.0 Å². The van der Waals surface area contributed by atoms with Crippen molar-refractivity contribution in [2.24, 2.45) is 17.8 Å². The minimum Gasteiger partial charge on any atom is -0.391 e. The second-order valence-electron chi connectivity index (χ2n) is 3.97. The second-order valence-corrected chi connectivity index (χ2v) is 3.97. The van der Waals surface area contributed by atoms with Crippen LogP contribution in [0.15, 0.2) is 36.6 Å². The predicted octanol–water partition coefficient (Wildman–Crippen LogP) is 2.49. The van der Waals surface area contributed by atoms with Crippen molar-refractivity contribution in [2.45, 2.75) is 13.3 Å². The monoisotopic (exact) mass is 175 g/mol. The van der Waals surface area contributed by atoms with E-state index in [-0.39, 0.29) is 0 Å². The standard InChI is InChI=1S/C12H17N/c1-10-4-2-3-5-12(10)11-6-8-13-9-7-11/h2-6,8,10-13H,7,9H2,1H3. The largest absolute Gasteiger partial charge is 0.391 e. The summed E-state index contributed by atoms with van der Waals surface area (Å²) in [6.45, 7) is 3.43. The summed E-state index contributed by atoms with van der Waals surface area (Å²) in [5.74, 6) is 2.14. The molecule has 0 bridgehead atoms. The van der Waals surface area contributed by atoms with Crippen molar-refractivity contribution in [2.75, 3.05) is 6.54 Å². The second kappa shape index (κ2) is 3.82. The van der Waals surface area contributed by atoms with Crippen LogP contribution in [-0.4, -0.2) is 6.54 Å². The smallest absolute Gasteiger partial charge is 0.0147 e. The molecule has 1 aliphatic heterocycles. The number of rotatable bonds is 1. The number of allylic oxidation sites excluding steroid dienone is 5.